The van der Waals surface area contributed by atoms with Crippen molar-refractivity contribution >= 4 is 5.70 Å². The van der Waals surface area contributed by atoms with Crippen molar-refractivity contribution in [3.05, 3.63) is 77.0 Å². The molecular formula is C24H35N5O. The highest BCUT2D eigenvalue weighted by Gasteiger charge is 2.15. The first kappa shape index (κ1) is 23.6. The fourth-order valence-electron chi connectivity index (χ4n) is 3.27. The first-order valence-corrected chi connectivity index (χ1v) is 10.5. The van der Waals surface area contributed by atoms with Crippen LogP contribution in [0.25, 0.3) is 5.70 Å². The monoisotopic (exact) mass is 409 g/mol. The number of benzene rings is 1. The van der Waals surface area contributed by atoms with Gasteiger partial charge in [0.2, 0.25) is 0 Å². The molecule has 0 radical (unpaired) electrons. The molecule has 6 nitrogen and oxygen atoms in total. The van der Waals surface area contributed by atoms with E-state index in [1.54, 1.807) is 25.6 Å². The van der Waals surface area contributed by atoms with Gasteiger partial charge in [0.1, 0.15) is 0 Å². The van der Waals surface area contributed by atoms with Crippen LogP contribution in [0.15, 0.2) is 60.1 Å². The van der Waals surface area contributed by atoms with E-state index in [-0.39, 0.29) is 0 Å². The van der Waals surface area contributed by atoms with Crippen LogP contribution in [0.5, 0.6) is 0 Å². The lowest BCUT2D eigenvalue weighted by atomic mass is 9.98. The number of ether oxygens (including phenoxy) is 1. The molecule has 1 aromatic carbocycles. The SMILES string of the molecule is COCCCC(/C=C(\N)c1ncccn1)=C(\C)N.Cc1ccc(C2CCNC2)cc1. The van der Waals surface area contributed by atoms with Gasteiger partial charge in [-0.3, -0.25) is 0 Å². The van der Waals surface area contributed by atoms with E-state index in [9.17, 15) is 0 Å². The molecule has 1 fully saturated rings. The van der Waals surface area contributed by atoms with Crippen molar-refractivity contribution in [3.63, 3.8) is 0 Å². The summed E-state index contributed by atoms with van der Waals surface area (Å²) in [6, 6.07) is 10.7. The summed E-state index contributed by atoms with van der Waals surface area (Å²) < 4.78 is 5.02. The van der Waals surface area contributed by atoms with Crippen LogP contribution in [0.3, 0.4) is 0 Å². The Hall–Kier alpha value is -2.70. The zero-order valence-corrected chi connectivity index (χ0v) is 18.4. The molecule has 1 aromatic heterocycles. The van der Waals surface area contributed by atoms with Gasteiger partial charge in [0.15, 0.2) is 5.82 Å². The summed E-state index contributed by atoms with van der Waals surface area (Å²) in [5.74, 6) is 1.27. The number of hydrogen-bond acceptors (Lipinski definition) is 6. The van der Waals surface area contributed by atoms with Crippen LogP contribution in [0.4, 0.5) is 0 Å². The molecule has 0 spiro atoms. The average molecular weight is 410 g/mol. The van der Waals surface area contributed by atoms with Crippen LogP contribution in [0.2, 0.25) is 0 Å². The Kier molecular flexibility index (Phi) is 10.0. The Bertz CT molecular complexity index is 805. The maximum absolute atomic E-state index is 5.95. The molecule has 5 N–H and O–H groups in total. The highest BCUT2D eigenvalue weighted by atomic mass is 16.5. The smallest absolute Gasteiger partial charge is 0.175 e. The summed E-state index contributed by atoms with van der Waals surface area (Å²) in [6.07, 6.45) is 8.17. The Balaban J connectivity index is 0.000000230. The maximum Gasteiger partial charge on any atom is 0.175 e. The Morgan fingerprint density at radius 1 is 1.20 bits per heavy atom. The number of nitrogens with zero attached hydrogens (tertiary/aromatic N) is 2. The minimum Gasteiger partial charge on any atom is -0.402 e. The van der Waals surface area contributed by atoms with Gasteiger partial charge in [0.25, 0.3) is 0 Å². The molecule has 0 saturated carbocycles. The number of allylic oxidation sites excluding steroid dienone is 3. The first-order chi connectivity index (χ1) is 14.5. The molecule has 1 aliphatic rings. The predicted octanol–water partition coefficient (Wildman–Crippen LogP) is 3.51. The number of nitrogens with two attached hydrogens (primary N) is 2. The quantitative estimate of drug-likeness (QED) is 0.478. The highest BCUT2D eigenvalue weighted by molar-refractivity contribution is 5.59. The molecule has 0 bridgehead atoms. The Morgan fingerprint density at radius 2 is 1.90 bits per heavy atom. The number of nitrogens with one attached hydrogen (secondary N) is 1. The molecule has 30 heavy (non-hydrogen) atoms. The lowest BCUT2D eigenvalue weighted by Gasteiger charge is -2.07. The van der Waals surface area contributed by atoms with E-state index in [1.807, 2.05) is 13.0 Å². The van der Waals surface area contributed by atoms with Crippen LogP contribution < -0.4 is 16.8 Å². The van der Waals surface area contributed by atoms with E-state index in [0.717, 1.165) is 36.6 Å². The second kappa shape index (κ2) is 12.8. The molecule has 2 aromatic rings. The zero-order valence-electron chi connectivity index (χ0n) is 18.4. The summed E-state index contributed by atoms with van der Waals surface area (Å²) in [6.45, 7) is 7.03. The van der Waals surface area contributed by atoms with Crippen LogP contribution >= 0.6 is 0 Å². The molecule has 1 aliphatic heterocycles. The molecular weight excluding hydrogens is 374 g/mol. The second-order valence-corrected chi connectivity index (χ2v) is 7.58. The predicted molar refractivity (Wildman–Crippen MR) is 124 cm³/mol. The van der Waals surface area contributed by atoms with Crippen molar-refractivity contribution in [1.29, 1.82) is 0 Å². The van der Waals surface area contributed by atoms with Crippen molar-refractivity contribution < 1.29 is 4.74 Å². The Morgan fingerprint density at radius 3 is 2.47 bits per heavy atom. The standard InChI is InChI=1S/C13H20N4O.C11H15N/c1-10(14)11(5-3-8-18-2)9-12(15)13-16-6-4-7-17-13;1-9-2-4-10(5-3-9)11-6-7-12-8-11/h4,6-7,9H,3,5,8,14-15H2,1-2H3;2-5,11-12H,6-8H2,1H3/b11-10-,12-9-;. The largest absolute Gasteiger partial charge is 0.402 e. The fraction of sp³-hybridized carbons (Fsp3) is 0.417. The molecule has 162 valence electrons. The van der Waals surface area contributed by atoms with Crippen LogP contribution in [0.1, 0.15) is 49.1 Å². The summed E-state index contributed by atoms with van der Waals surface area (Å²) in [5, 5.41) is 3.39. The number of rotatable bonds is 7. The van der Waals surface area contributed by atoms with Gasteiger partial charge in [-0.15, -0.1) is 0 Å². The van der Waals surface area contributed by atoms with E-state index in [2.05, 4.69) is 46.5 Å². The third-order valence-electron chi connectivity index (χ3n) is 5.06. The zero-order chi connectivity index (χ0) is 21.8. The lowest BCUT2D eigenvalue weighted by Crippen LogP contribution is -2.07. The normalized spacial score (nSPS) is 17.2. The topological polar surface area (TPSA) is 99.1 Å². The van der Waals surface area contributed by atoms with Gasteiger partial charge in [0, 0.05) is 38.4 Å². The highest BCUT2D eigenvalue weighted by Crippen LogP contribution is 2.22. The van der Waals surface area contributed by atoms with Crippen molar-refractivity contribution in [2.45, 2.75) is 39.0 Å². The third-order valence-corrected chi connectivity index (χ3v) is 5.06. The van der Waals surface area contributed by atoms with Crippen molar-refractivity contribution in [2.75, 3.05) is 26.8 Å². The van der Waals surface area contributed by atoms with E-state index in [1.165, 1.54) is 24.1 Å². The summed E-state index contributed by atoms with van der Waals surface area (Å²) in [7, 11) is 1.68. The molecule has 2 heterocycles. The second-order valence-electron chi connectivity index (χ2n) is 7.58. The van der Waals surface area contributed by atoms with Crippen molar-refractivity contribution in [3.8, 4) is 0 Å². The van der Waals surface area contributed by atoms with Crippen LogP contribution in [-0.2, 0) is 4.74 Å². The minimum absolute atomic E-state index is 0.517. The van der Waals surface area contributed by atoms with Gasteiger partial charge in [-0.25, -0.2) is 9.97 Å². The van der Waals surface area contributed by atoms with Gasteiger partial charge in [-0.1, -0.05) is 29.8 Å². The van der Waals surface area contributed by atoms with Gasteiger partial charge in [-0.05, 0) is 68.9 Å². The summed E-state index contributed by atoms with van der Waals surface area (Å²) >= 11 is 0. The Labute approximate surface area is 180 Å². The molecule has 3 rings (SSSR count). The molecule has 1 saturated heterocycles. The number of aromatic nitrogens is 2. The van der Waals surface area contributed by atoms with Crippen LogP contribution in [-0.4, -0.2) is 36.8 Å². The van der Waals surface area contributed by atoms with Crippen molar-refractivity contribution in [2.24, 2.45) is 11.5 Å². The number of methoxy groups -OCH3 is 1. The number of hydrogen-bond donors (Lipinski definition) is 3. The fourth-order valence-corrected chi connectivity index (χ4v) is 3.27. The molecule has 0 amide bonds. The van der Waals surface area contributed by atoms with E-state index in [4.69, 9.17) is 16.2 Å². The molecule has 0 aliphatic carbocycles. The summed E-state index contributed by atoms with van der Waals surface area (Å²) in [5.41, 5.74) is 16.9. The van der Waals surface area contributed by atoms with E-state index >= 15 is 0 Å². The van der Waals surface area contributed by atoms with Gasteiger partial charge in [0.05, 0.1) is 5.70 Å². The average Bonchev–Trinajstić information content (AvgIpc) is 3.29. The molecule has 6 heteroatoms. The number of aryl methyl sites for hydroxylation is 1. The lowest BCUT2D eigenvalue weighted by molar-refractivity contribution is 0.195. The van der Waals surface area contributed by atoms with Gasteiger partial charge >= 0.3 is 0 Å². The maximum atomic E-state index is 5.95. The van der Waals surface area contributed by atoms with E-state index < -0.39 is 0 Å². The third kappa shape index (κ3) is 7.97. The molecule has 1 atom stereocenters. The van der Waals surface area contributed by atoms with Gasteiger partial charge < -0.3 is 21.5 Å². The molecule has 1 unspecified atom stereocenters. The van der Waals surface area contributed by atoms with Crippen molar-refractivity contribution in [1.82, 2.24) is 15.3 Å². The van der Waals surface area contributed by atoms with E-state index in [0.29, 0.717) is 18.1 Å². The summed E-state index contributed by atoms with van der Waals surface area (Å²) in [4.78, 5) is 8.19. The van der Waals surface area contributed by atoms with Crippen LogP contribution in [0, 0.1) is 6.92 Å². The minimum atomic E-state index is 0.517. The van der Waals surface area contributed by atoms with Gasteiger partial charge in [-0.2, -0.15) is 0 Å². The first-order valence-electron chi connectivity index (χ1n) is 10.5.